The Morgan fingerprint density at radius 2 is 2.18 bits per heavy atom. The van der Waals surface area contributed by atoms with Gasteiger partial charge in [0.1, 0.15) is 0 Å². The van der Waals surface area contributed by atoms with Crippen molar-refractivity contribution in [3.05, 3.63) is 18.0 Å². The minimum Gasteiger partial charge on any atom is -0.327 e. The average Bonchev–Trinajstić information content (AvgIpc) is 2.44. The first-order valence-electron chi connectivity index (χ1n) is 3.13. The molecule has 0 aromatic carbocycles. The van der Waals surface area contributed by atoms with E-state index in [1.54, 1.807) is 6.20 Å². The van der Waals surface area contributed by atoms with E-state index in [9.17, 15) is 0 Å². The molecule has 2 rings (SSSR count). The average molecular weight is 196 g/mol. The van der Waals surface area contributed by atoms with Gasteiger partial charge in [0.05, 0.1) is 0 Å². The maximum atomic E-state index is 5.61. The monoisotopic (exact) mass is 195 g/mol. The summed E-state index contributed by atoms with van der Waals surface area (Å²) >= 11 is 0. The highest BCUT2D eigenvalue weighted by atomic mass is 35.5. The first-order valence-corrected chi connectivity index (χ1v) is 3.13. The van der Waals surface area contributed by atoms with Crippen LogP contribution in [0, 0.1) is 0 Å². The summed E-state index contributed by atoms with van der Waals surface area (Å²) in [6.07, 6.45) is 2.88. The van der Waals surface area contributed by atoms with Crippen LogP contribution in [0.1, 0.15) is 18.0 Å². The van der Waals surface area contributed by atoms with Gasteiger partial charge < -0.3 is 5.73 Å². The van der Waals surface area contributed by atoms with Crippen LogP contribution in [0.4, 0.5) is 0 Å². The van der Waals surface area contributed by atoms with Crippen molar-refractivity contribution < 1.29 is 0 Å². The highest BCUT2D eigenvalue weighted by Crippen LogP contribution is 2.37. The normalized spacial score (nSPS) is 26.6. The lowest BCUT2D eigenvalue weighted by molar-refractivity contribution is 0.919. The second-order valence-electron chi connectivity index (χ2n) is 2.52. The summed E-state index contributed by atoms with van der Waals surface area (Å²) in [5, 5.41) is 6.74. The van der Waals surface area contributed by atoms with Crippen molar-refractivity contribution in [1.29, 1.82) is 0 Å². The highest BCUT2D eigenvalue weighted by molar-refractivity contribution is 5.85. The highest BCUT2D eigenvalue weighted by Gasteiger charge is 2.35. The lowest BCUT2D eigenvalue weighted by atomic mass is 10.3. The summed E-state index contributed by atoms with van der Waals surface area (Å²) in [6.45, 7) is 0. The van der Waals surface area contributed by atoms with E-state index in [2.05, 4.69) is 10.2 Å². The van der Waals surface area contributed by atoms with Gasteiger partial charge in [0.15, 0.2) is 0 Å². The number of aromatic nitrogens is 2. The molecule has 3 nitrogen and oxygen atoms in total. The largest absolute Gasteiger partial charge is 0.327 e. The fourth-order valence-electron chi connectivity index (χ4n) is 1.05. The lowest BCUT2D eigenvalue weighted by Gasteiger charge is -1.86. The smallest absolute Gasteiger partial charge is 0.0490 e. The molecule has 1 aliphatic rings. The van der Waals surface area contributed by atoms with Gasteiger partial charge in [-0.25, -0.2) is 0 Å². The van der Waals surface area contributed by atoms with Gasteiger partial charge in [0.2, 0.25) is 0 Å². The Hall–Kier alpha value is -0.250. The van der Waals surface area contributed by atoms with E-state index in [0.29, 0.717) is 12.0 Å². The quantitative estimate of drug-likeness (QED) is 0.705. The first-order chi connectivity index (χ1) is 4.38. The summed E-state index contributed by atoms with van der Waals surface area (Å²) in [7, 11) is 0. The molecular formula is C6H11Cl2N3. The molecule has 0 unspecified atom stereocenters. The molecule has 1 fully saturated rings. The predicted octanol–water partition coefficient (Wildman–Crippen LogP) is 1.07. The van der Waals surface area contributed by atoms with E-state index in [1.807, 2.05) is 6.07 Å². The van der Waals surface area contributed by atoms with Crippen LogP contribution >= 0.6 is 24.8 Å². The van der Waals surface area contributed by atoms with Crippen molar-refractivity contribution in [2.24, 2.45) is 5.73 Å². The zero-order valence-electron chi connectivity index (χ0n) is 5.86. The van der Waals surface area contributed by atoms with Crippen LogP contribution in [0.15, 0.2) is 12.3 Å². The minimum absolute atomic E-state index is 0. The molecule has 1 aromatic rings. The van der Waals surface area contributed by atoms with Gasteiger partial charge in [0.25, 0.3) is 0 Å². The summed E-state index contributed by atoms with van der Waals surface area (Å²) in [5.74, 6) is 0.562. The van der Waals surface area contributed by atoms with Gasteiger partial charge in [-0.3, -0.25) is 5.10 Å². The molecule has 5 heteroatoms. The van der Waals surface area contributed by atoms with Crippen molar-refractivity contribution in [2.75, 3.05) is 0 Å². The summed E-state index contributed by atoms with van der Waals surface area (Å²) in [6, 6.07) is 2.36. The Morgan fingerprint density at radius 1 is 1.55 bits per heavy atom. The predicted molar refractivity (Wildman–Crippen MR) is 48.4 cm³/mol. The van der Waals surface area contributed by atoms with Gasteiger partial charge >= 0.3 is 0 Å². The number of nitrogens with one attached hydrogen (secondary N) is 1. The van der Waals surface area contributed by atoms with Crippen molar-refractivity contribution >= 4 is 24.8 Å². The van der Waals surface area contributed by atoms with Crippen molar-refractivity contribution in [2.45, 2.75) is 18.4 Å². The van der Waals surface area contributed by atoms with Crippen LogP contribution in [0.3, 0.4) is 0 Å². The lowest BCUT2D eigenvalue weighted by Crippen LogP contribution is -2.00. The SMILES string of the molecule is Cl.Cl.N[C@@H]1C[C@H]1c1ccn[nH]1. The molecule has 0 aliphatic heterocycles. The van der Waals surface area contributed by atoms with E-state index in [0.717, 1.165) is 6.42 Å². The van der Waals surface area contributed by atoms with E-state index in [-0.39, 0.29) is 24.8 Å². The molecule has 11 heavy (non-hydrogen) atoms. The molecule has 1 heterocycles. The standard InChI is InChI=1S/C6H9N3.2ClH/c7-5-3-4(5)6-1-2-8-9-6;;/h1-2,4-5H,3,7H2,(H,8,9);2*1H/t4-,5-;;/m1../s1. The molecule has 2 atom stereocenters. The Balaban J connectivity index is 0.000000500. The second kappa shape index (κ2) is 3.95. The molecule has 0 spiro atoms. The topological polar surface area (TPSA) is 54.7 Å². The molecule has 1 aromatic heterocycles. The van der Waals surface area contributed by atoms with E-state index in [1.165, 1.54) is 5.69 Å². The summed E-state index contributed by atoms with van der Waals surface area (Å²) in [5.41, 5.74) is 6.79. The van der Waals surface area contributed by atoms with Gasteiger partial charge in [-0.15, -0.1) is 24.8 Å². The van der Waals surface area contributed by atoms with Crippen LogP contribution in [-0.4, -0.2) is 16.2 Å². The van der Waals surface area contributed by atoms with Crippen molar-refractivity contribution in [3.8, 4) is 0 Å². The number of hydrogen-bond acceptors (Lipinski definition) is 2. The molecule has 0 amide bonds. The van der Waals surface area contributed by atoms with Gasteiger partial charge in [-0.05, 0) is 12.5 Å². The number of aromatic amines is 1. The Bertz CT molecular complexity index is 200. The Labute approximate surface area is 77.6 Å². The molecule has 0 radical (unpaired) electrons. The third-order valence-electron chi connectivity index (χ3n) is 1.76. The number of halogens is 2. The van der Waals surface area contributed by atoms with Gasteiger partial charge in [-0.2, -0.15) is 5.10 Å². The van der Waals surface area contributed by atoms with Crippen LogP contribution in [0.25, 0.3) is 0 Å². The van der Waals surface area contributed by atoms with Crippen LogP contribution in [-0.2, 0) is 0 Å². The Kier molecular flexibility index (Phi) is 3.86. The molecule has 0 saturated heterocycles. The minimum atomic E-state index is 0. The van der Waals surface area contributed by atoms with Crippen molar-refractivity contribution in [1.82, 2.24) is 10.2 Å². The molecule has 0 bridgehead atoms. The molecule has 1 saturated carbocycles. The summed E-state index contributed by atoms with van der Waals surface area (Å²) in [4.78, 5) is 0. The number of rotatable bonds is 1. The van der Waals surface area contributed by atoms with Crippen LogP contribution in [0.5, 0.6) is 0 Å². The number of hydrogen-bond donors (Lipinski definition) is 2. The maximum Gasteiger partial charge on any atom is 0.0490 e. The molecule has 64 valence electrons. The third kappa shape index (κ3) is 2.09. The van der Waals surface area contributed by atoms with Crippen molar-refractivity contribution in [3.63, 3.8) is 0 Å². The molecule has 3 N–H and O–H groups in total. The fraction of sp³-hybridized carbons (Fsp3) is 0.500. The van der Waals surface area contributed by atoms with Gasteiger partial charge in [-0.1, -0.05) is 0 Å². The Morgan fingerprint density at radius 3 is 2.55 bits per heavy atom. The zero-order valence-corrected chi connectivity index (χ0v) is 7.49. The maximum absolute atomic E-state index is 5.61. The molecule has 1 aliphatic carbocycles. The third-order valence-corrected chi connectivity index (χ3v) is 1.76. The summed E-state index contributed by atoms with van der Waals surface area (Å²) < 4.78 is 0. The van der Waals surface area contributed by atoms with E-state index >= 15 is 0 Å². The number of H-pyrrole nitrogens is 1. The first kappa shape index (κ1) is 10.8. The van der Waals surface area contributed by atoms with Crippen LogP contribution in [0.2, 0.25) is 0 Å². The second-order valence-corrected chi connectivity index (χ2v) is 2.52. The zero-order chi connectivity index (χ0) is 6.27. The number of nitrogens with zero attached hydrogens (tertiary/aromatic N) is 1. The van der Waals surface area contributed by atoms with E-state index < -0.39 is 0 Å². The van der Waals surface area contributed by atoms with E-state index in [4.69, 9.17) is 5.73 Å². The number of nitrogens with two attached hydrogens (primary N) is 1. The fourth-order valence-corrected chi connectivity index (χ4v) is 1.05. The molecular weight excluding hydrogens is 185 g/mol. The van der Waals surface area contributed by atoms with Gasteiger partial charge in [0, 0.05) is 23.9 Å². The van der Waals surface area contributed by atoms with Crippen LogP contribution < -0.4 is 5.73 Å².